The lowest BCUT2D eigenvalue weighted by Crippen LogP contribution is -2.19. The molecule has 1 aromatic heterocycles. The van der Waals surface area contributed by atoms with Crippen LogP contribution in [0.4, 0.5) is 11.4 Å². The van der Waals surface area contributed by atoms with Crippen molar-refractivity contribution >= 4 is 21.4 Å². The van der Waals surface area contributed by atoms with Gasteiger partial charge in [0.25, 0.3) is 0 Å². The smallest absolute Gasteiger partial charge is 0.240 e. The highest BCUT2D eigenvalue weighted by Gasteiger charge is 2.16. The summed E-state index contributed by atoms with van der Waals surface area (Å²) >= 11 is 0. The number of benzene rings is 1. The minimum atomic E-state index is -3.51. The van der Waals surface area contributed by atoms with Crippen LogP contribution in [0.2, 0.25) is 0 Å². The van der Waals surface area contributed by atoms with Crippen LogP contribution >= 0.6 is 0 Å². The minimum Gasteiger partial charge on any atom is -0.397 e. The van der Waals surface area contributed by atoms with Gasteiger partial charge in [-0.1, -0.05) is 0 Å². The van der Waals surface area contributed by atoms with E-state index in [1.54, 1.807) is 17.0 Å². The standard InChI is InChI=1S/C12H18N6O2S/c1-8(12-17-15-7-18(12)3)16-11-6-9(4-5-10(11)13)21(19,20)14-2/h4-8,14,16H,13H2,1-3H3. The summed E-state index contributed by atoms with van der Waals surface area (Å²) in [5, 5.41) is 11.0. The maximum atomic E-state index is 11.8. The van der Waals surface area contributed by atoms with Crippen LogP contribution in [-0.4, -0.2) is 30.2 Å². The predicted octanol–water partition coefficient (Wildman–Crippen LogP) is 0.478. The number of hydrogen-bond acceptors (Lipinski definition) is 6. The summed E-state index contributed by atoms with van der Waals surface area (Å²) in [4.78, 5) is 0.145. The Labute approximate surface area is 123 Å². The first-order valence-corrected chi connectivity index (χ1v) is 7.77. The molecule has 0 saturated heterocycles. The van der Waals surface area contributed by atoms with E-state index < -0.39 is 10.0 Å². The van der Waals surface area contributed by atoms with Crippen molar-refractivity contribution in [2.75, 3.05) is 18.1 Å². The van der Waals surface area contributed by atoms with E-state index in [9.17, 15) is 8.42 Å². The van der Waals surface area contributed by atoms with E-state index in [0.29, 0.717) is 11.4 Å². The molecule has 0 saturated carbocycles. The summed E-state index contributed by atoms with van der Waals surface area (Å²) in [6.45, 7) is 1.89. The summed E-state index contributed by atoms with van der Waals surface area (Å²) in [5.74, 6) is 0.719. The van der Waals surface area contributed by atoms with Crippen LogP contribution < -0.4 is 15.8 Å². The van der Waals surface area contributed by atoms with E-state index in [-0.39, 0.29) is 10.9 Å². The number of aryl methyl sites for hydroxylation is 1. The highest BCUT2D eigenvalue weighted by molar-refractivity contribution is 7.89. The average molecular weight is 310 g/mol. The minimum absolute atomic E-state index is 0.145. The van der Waals surface area contributed by atoms with E-state index in [1.165, 1.54) is 19.2 Å². The van der Waals surface area contributed by atoms with Crippen molar-refractivity contribution in [2.24, 2.45) is 7.05 Å². The summed E-state index contributed by atoms with van der Waals surface area (Å²) in [7, 11) is -0.320. The number of nitrogens with one attached hydrogen (secondary N) is 2. The monoisotopic (exact) mass is 310 g/mol. The van der Waals surface area contributed by atoms with E-state index in [4.69, 9.17) is 5.73 Å². The van der Waals surface area contributed by atoms with Gasteiger partial charge < -0.3 is 15.6 Å². The average Bonchev–Trinajstić information content (AvgIpc) is 2.87. The highest BCUT2D eigenvalue weighted by atomic mass is 32.2. The zero-order valence-corrected chi connectivity index (χ0v) is 12.8. The number of hydrogen-bond donors (Lipinski definition) is 3. The van der Waals surface area contributed by atoms with Crippen molar-refractivity contribution in [1.29, 1.82) is 0 Å². The Kier molecular flexibility index (Phi) is 4.14. The van der Waals surface area contributed by atoms with E-state index in [0.717, 1.165) is 5.82 Å². The number of aromatic nitrogens is 3. The maximum Gasteiger partial charge on any atom is 0.240 e. The molecular weight excluding hydrogens is 292 g/mol. The van der Waals surface area contributed by atoms with Crippen LogP contribution in [0, 0.1) is 0 Å². The quantitative estimate of drug-likeness (QED) is 0.692. The number of rotatable bonds is 5. The lowest BCUT2D eigenvalue weighted by atomic mass is 10.2. The third kappa shape index (κ3) is 3.14. The van der Waals surface area contributed by atoms with Gasteiger partial charge in [0.1, 0.15) is 6.33 Å². The van der Waals surface area contributed by atoms with Crippen molar-refractivity contribution in [2.45, 2.75) is 17.9 Å². The molecule has 0 amide bonds. The molecule has 2 aromatic rings. The van der Waals surface area contributed by atoms with E-state index >= 15 is 0 Å². The van der Waals surface area contributed by atoms with Gasteiger partial charge in [0.2, 0.25) is 10.0 Å². The predicted molar refractivity (Wildman–Crippen MR) is 80.1 cm³/mol. The summed E-state index contributed by atoms with van der Waals surface area (Å²) in [6, 6.07) is 4.33. The van der Waals surface area contributed by atoms with E-state index in [2.05, 4.69) is 20.2 Å². The molecule has 21 heavy (non-hydrogen) atoms. The molecule has 0 radical (unpaired) electrons. The van der Waals surface area contributed by atoms with Gasteiger partial charge >= 0.3 is 0 Å². The fourth-order valence-electron chi connectivity index (χ4n) is 1.93. The number of sulfonamides is 1. The van der Waals surface area contributed by atoms with Gasteiger partial charge in [-0.25, -0.2) is 13.1 Å². The highest BCUT2D eigenvalue weighted by Crippen LogP contribution is 2.26. The first kappa shape index (κ1) is 15.3. The molecule has 0 fully saturated rings. The van der Waals surface area contributed by atoms with Crippen molar-refractivity contribution < 1.29 is 8.42 Å². The molecule has 1 unspecified atom stereocenters. The largest absolute Gasteiger partial charge is 0.397 e. The van der Waals surface area contributed by atoms with Gasteiger partial charge in [-0.3, -0.25) is 0 Å². The number of nitrogens with zero attached hydrogens (tertiary/aromatic N) is 3. The molecule has 4 N–H and O–H groups in total. The Bertz CT molecular complexity index is 740. The molecule has 0 aliphatic rings. The lowest BCUT2D eigenvalue weighted by Gasteiger charge is -2.17. The fourth-order valence-corrected chi connectivity index (χ4v) is 2.68. The molecule has 8 nitrogen and oxygen atoms in total. The van der Waals surface area contributed by atoms with Crippen molar-refractivity contribution in [3.05, 3.63) is 30.4 Å². The molecule has 1 aromatic carbocycles. The fraction of sp³-hybridized carbons (Fsp3) is 0.333. The zero-order valence-electron chi connectivity index (χ0n) is 12.0. The second-order valence-corrected chi connectivity index (χ2v) is 6.51. The Balaban J connectivity index is 2.32. The van der Waals surface area contributed by atoms with E-state index in [1.807, 2.05) is 14.0 Å². The first-order valence-electron chi connectivity index (χ1n) is 6.28. The third-order valence-corrected chi connectivity index (χ3v) is 4.52. The van der Waals surface area contributed by atoms with Crippen molar-refractivity contribution in [3.63, 3.8) is 0 Å². The number of nitrogen functional groups attached to an aromatic ring is 1. The Morgan fingerprint density at radius 1 is 1.38 bits per heavy atom. The van der Waals surface area contributed by atoms with Crippen LogP contribution in [0.15, 0.2) is 29.4 Å². The van der Waals surface area contributed by atoms with Gasteiger partial charge in [-0.05, 0) is 32.2 Å². The van der Waals surface area contributed by atoms with Crippen LogP contribution in [0.1, 0.15) is 18.8 Å². The molecule has 0 spiro atoms. The molecular formula is C12H18N6O2S. The molecule has 0 bridgehead atoms. The second kappa shape index (κ2) is 5.70. The molecule has 114 valence electrons. The normalized spacial score (nSPS) is 13.1. The van der Waals surface area contributed by atoms with Crippen LogP contribution in [-0.2, 0) is 17.1 Å². The zero-order chi connectivity index (χ0) is 15.6. The Morgan fingerprint density at radius 3 is 2.67 bits per heavy atom. The first-order chi connectivity index (χ1) is 9.85. The van der Waals surface area contributed by atoms with Gasteiger partial charge in [0, 0.05) is 7.05 Å². The Morgan fingerprint density at radius 2 is 2.10 bits per heavy atom. The lowest BCUT2D eigenvalue weighted by molar-refractivity contribution is 0.588. The number of nitrogens with two attached hydrogens (primary N) is 1. The maximum absolute atomic E-state index is 11.8. The van der Waals surface area contributed by atoms with Gasteiger partial charge in [0.15, 0.2) is 5.82 Å². The second-order valence-electron chi connectivity index (χ2n) is 4.62. The van der Waals surface area contributed by atoms with Crippen molar-refractivity contribution in [3.8, 4) is 0 Å². The topological polar surface area (TPSA) is 115 Å². The summed E-state index contributed by atoms with van der Waals surface area (Å²) in [6.07, 6.45) is 1.60. The number of anilines is 2. The van der Waals surface area contributed by atoms with Crippen LogP contribution in [0.5, 0.6) is 0 Å². The van der Waals surface area contributed by atoms with Gasteiger partial charge in [-0.15, -0.1) is 10.2 Å². The SMILES string of the molecule is CNS(=O)(=O)c1ccc(N)c(NC(C)c2nncn2C)c1. The van der Waals surface area contributed by atoms with Gasteiger partial charge in [0.05, 0.1) is 22.3 Å². The van der Waals surface area contributed by atoms with Crippen molar-refractivity contribution in [1.82, 2.24) is 19.5 Å². The summed E-state index contributed by atoms with van der Waals surface area (Å²) in [5.41, 5.74) is 6.88. The summed E-state index contributed by atoms with van der Waals surface area (Å²) < 4.78 is 27.7. The molecule has 0 aliphatic heterocycles. The third-order valence-electron chi connectivity index (χ3n) is 3.11. The van der Waals surface area contributed by atoms with Gasteiger partial charge in [-0.2, -0.15) is 0 Å². The van der Waals surface area contributed by atoms with Crippen LogP contribution in [0.3, 0.4) is 0 Å². The molecule has 2 rings (SSSR count). The Hall–Kier alpha value is -2.13. The van der Waals surface area contributed by atoms with Crippen LogP contribution in [0.25, 0.3) is 0 Å². The molecule has 1 atom stereocenters. The molecule has 1 heterocycles. The molecule has 9 heteroatoms. The molecule has 0 aliphatic carbocycles.